The average molecular weight is 211 g/mol. The van der Waals surface area contributed by atoms with E-state index in [1.165, 1.54) is 0 Å². The summed E-state index contributed by atoms with van der Waals surface area (Å²) in [7, 11) is 0. The topological polar surface area (TPSA) is 86.6 Å². The number of carboxylic acids is 1. The molecule has 0 aliphatic rings. The molecule has 1 rings (SSSR count). The Morgan fingerprint density at radius 1 is 1.40 bits per heavy atom. The number of rotatable bonds is 3. The average Bonchev–Trinajstić information content (AvgIpc) is 2.20. The van der Waals surface area contributed by atoms with Crippen LogP contribution in [0.5, 0.6) is 0 Å². The molecule has 5 nitrogen and oxygen atoms in total. The maximum atomic E-state index is 10.4. The summed E-state index contributed by atoms with van der Waals surface area (Å²) < 4.78 is 0. The van der Waals surface area contributed by atoms with E-state index in [-0.39, 0.29) is 6.47 Å². The van der Waals surface area contributed by atoms with Crippen LogP contribution < -0.4 is 5.32 Å². The van der Waals surface area contributed by atoms with E-state index < -0.39 is 5.97 Å². The summed E-state index contributed by atoms with van der Waals surface area (Å²) in [6, 6.07) is 6.68. The standard InChI is InChI=1S/C9H11NO2.CH2O2/c1-2-10-8-5-3-7(4-6-8)9(11)12;2-1-3/h3-6,10H,2H2,1H3,(H,11,12);1H,(H,2,3). The fourth-order valence-electron chi connectivity index (χ4n) is 0.935. The van der Waals surface area contributed by atoms with Crippen molar-refractivity contribution in [2.75, 3.05) is 11.9 Å². The van der Waals surface area contributed by atoms with E-state index in [9.17, 15) is 4.79 Å². The second kappa shape index (κ2) is 7.37. The van der Waals surface area contributed by atoms with Crippen LogP contribution in [0.2, 0.25) is 0 Å². The van der Waals surface area contributed by atoms with Crippen LogP contribution >= 0.6 is 0 Å². The molecule has 0 aliphatic heterocycles. The van der Waals surface area contributed by atoms with Gasteiger partial charge in [0.1, 0.15) is 0 Å². The third-order valence-corrected chi connectivity index (χ3v) is 1.51. The van der Waals surface area contributed by atoms with Crippen LogP contribution in [0, 0.1) is 0 Å². The molecule has 0 saturated carbocycles. The Hall–Kier alpha value is -2.04. The van der Waals surface area contributed by atoms with Gasteiger partial charge >= 0.3 is 5.97 Å². The van der Waals surface area contributed by atoms with Crippen LogP contribution in [0.15, 0.2) is 24.3 Å². The minimum absolute atomic E-state index is 0.250. The molecule has 0 fully saturated rings. The van der Waals surface area contributed by atoms with Gasteiger partial charge in [-0.1, -0.05) is 0 Å². The lowest BCUT2D eigenvalue weighted by atomic mass is 10.2. The molecule has 0 amide bonds. The number of hydrogen-bond acceptors (Lipinski definition) is 3. The van der Waals surface area contributed by atoms with Crippen molar-refractivity contribution in [3.8, 4) is 0 Å². The number of carbonyl (C=O) groups is 2. The molecule has 1 aromatic rings. The molecule has 0 aromatic heterocycles. The van der Waals surface area contributed by atoms with E-state index in [0.29, 0.717) is 5.56 Å². The van der Waals surface area contributed by atoms with Gasteiger partial charge in [0.05, 0.1) is 5.56 Å². The highest BCUT2D eigenvalue weighted by Gasteiger charge is 1.99. The van der Waals surface area contributed by atoms with E-state index in [2.05, 4.69) is 5.32 Å². The second-order valence-corrected chi connectivity index (χ2v) is 2.52. The summed E-state index contributed by atoms with van der Waals surface area (Å²) in [5.74, 6) is -0.891. The lowest BCUT2D eigenvalue weighted by Crippen LogP contribution is -1.98. The molecular formula is C10H13NO4. The third kappa shape index (κ3) is 5.30. The number of benzene rings is 1. The maximum absolute atomic E-state index is 10.4. The lowest BCUT2D eigenvalue weighted by Gasteiger charge is -2.01. The molecule has 82 valence electrons. The van der Waals surface area contributed by atoms with Crippen molar-refractivity contribution < 1.29 is 19.8 Å². The Morgan fingerprint density at radius 3 is 2.20 bits per heavy atom. The first-order valence-corrected chi connectivity index (χ1v) is 4.30. The van der Waals surface area contributed by atoms with Gasteiger partial charge in [-0.25, -0.2) is 4.79 Å². The minimum atomic E-state index is -0.891. The molecule has 0 spiro atoms. The van der Waals surface area contributed by atoms with Crippen molar-refractivity contribution >= 4 is 18.1 Å². The molecule has 0 atom stereocenters. The van der Waals surface area contributed by atoms with Gasteiger partial charge in [0, 0.05) is 12.2 Å². The Balaban J connectivity index is 0.000000583. The SMILES string of the molecule is CCNc1ccc(C(=O)O)cc1.O=CO. The van der Waals surface area contributed by atoms with Crippen LogP contribution in [0.1, 0.15) is 17.3 Å². The van der Waals surface area contributed by atoms with E-state index in [4.69, 9.17) is 15.0 Å². The summed E-state index contributed by atoms with van der Waals surface area (Å²) in [4.78, 5) is 18.8. The van der Waals surface area contributed by atoms with Crippen molar-refractivity contribution in [2.45, 2.75) is 6.92 Å². The highest BCUT2D eigenvalue weighted by molar-refractivity contribution is 5.87. The quantitative estimate of drug-likeness (QED) is 0.660. The fourth-order valence-corrected chi connectivity index (χ4v) is 0.935. The van der Waals surface area contributed by atoms with Crippen LogP contribution in [-0.2, 0) is 4.79 Å². The molecule has 0 heterocycles. The monoisotopic (exact) mass is 211 g/mol. The Kier molecular flexibility index (Phi) is 6.37. The maximum Gasteiger partial charge on any atom is 0.335 e. The normalized spacial score (nSPS) is 8.33. The Labute approximate surface area is 87.4 Å². The van der Waals surface area contributed by atoms with Gasteiger partial charge in [0.2, 0.25) is 0 Å². The van der Waals surface area contributed by atoms with Gasteiger partial charge in [-0.05, 0) is 31.2 Å². The Bertz CT molecular complexity index is 308. The highest BCUT2D eigenvalue weighted by Crippen LogP contribution is 2.08. The first-order valence-electron chi connectivity index (χ1n) is 4.30. The molecule has 1 aromatic carbocycles. The van der Waals surface area contributed by atoms with E-state index in [0.717, 1.165) is 12.2 Å². The van der Waals surface area contributed by atoms with Crippen LogP contribution in [-0.4, -0.2) is 29.2 Å². The molecule has 0 radical (unpaired) electrons. The molecule has 3 N–H and O–H groups in total. The lowest BCUT2D eigenvalue weighted by molar-refractivity contribution is -0.122. The van der Waals surface area contributed by atoms with Crippen molar-refractivity contribution in [1.29, 1.82) is 0 Å². The van der Waals surface area contributed by atoms with Crippen molar-refractivity contribution in [3.63, 3.8) is 0 Å². The first-order chi connectivity index (χ1) is 7.15. The molecule has 5 heteroatoms. The highest BCUT2D eigenvalue weighted by atomic mass is 16.4. The summed E-state index contributed by atoms with van der Waals surface area (Å²) in [5.41, 5.74) is 1.26. The van der Waals surface area contributed by atoms with Gasteiger partial charge in [-0.2, -0.15) is 0 Å². The molecule has 15 heavy (non-hydrogen) atoms. The van der Waals surface area contributed by atoms with Gasteiger partial charge in [0.25, 0.3) is 6.47 Å². The van der Waals surface area contributed by atoms with Gasteiger partial charge < -0.3 is 15.5 Å². The van der Waals surface area contributed by atoms with Crippen molar-refractivity contribution in [1.82, 2.24) is 0 Å². The molecule has 0 saturated heterocycles. The van der Waals surface area contributed by atoms with Crippen LogP contribution in [0.4, 0.5) is 5.69 Å². The number of hydrogen-bond donors (Lipinski definition) is 3. The van der Waals surface area contributed by atoms with Crippen molar-refractivity contribution in [3.05, 3.63) is 29.8 Å². The van der Waals surface area contributed by atoms with E-state index in [1.807, 2.05) is 6.92 Å². The van der Waals surface area contributed by atoms with Gasteiger partial charge in [0.15, 0.2) is 0 Å². The first kappa shape index (κ1) is 13.0. The fraction of sp³-hybridized carbons (Fsp3) is 0.200. The third-order valence-electron chi connectivity index (χ3n) is 1.51. The molecule has 0 unspecified atom stereocenters. The molecule has 0 bridgehead atoms. The summed E-state index contributed by atoms with van der Waals surface area (Å²) in [5, 5.41) is 18.6. The number of aromatic carboxylic acids is 1. The number of anilines is 1. The van der Waals surface area contributed by atoms with Crippen LogP contribution in [0.3, 0.4) is 0 Å². The predicted molar refractivity (Wildman–Crippen MR) is 56.3 cm³/mol. The van der Waals surface area contributed by atoms with Gasteiger partial charge in [-0.3, -0.25) is 4.79 Å². The second-order valence-electron chi connectivity index (χ2n) is 2.52. The summed E-state index contributed by atoms with van der Waals surface area (Å²) >= 11 is 0. The summed E-state index contributed by atoms with van der Waals surface area (Å²) in [6.07, 6.45) is 0. The number of carboxylic acid groups (broad SMARTS) is 2. The number of nitrogens with one attached hydrogen (secondary N) is 1. The zero-order chi connectivity index (χ0) is 11.7. The molecular weight excluding hydrogens is 198 g/mol. The zero-order valence-corrected chi connectivity index (χ0v) is 8.30. The summed E-state index contributed by atoms with van der Waals surface area (Å²) in [6.45, 7) is 2.58. The largest absolute Gasteiger partial charge is 0.483 e. The predicted octanol–water partition coefficient (Wildman–Crippen LogP) is 1.52. The van der Waals surface area contributed by atoms with Crippen molar-refractivity contribution in [2.24, 2.45) is 0 Å². The van der Waals surface area contributed by atoms with Crippen LogP contribution in [0.25, 0.3) is 0 Å². The smallest absolute Gasteiger partial charge is 0.335 e. The van der Waals surface area contributed by atoms with Gasteiger partial charge in [-0.15, -0.1) is 0 Å². The van der Waals surface area contributed by atoms with E-state index in [1.54, 1.807) is 24.3 Å². The zero-order valence-electron chi connectivity index (χ0n) is 8.30. The van der Waals surface area contributed by atoms with E-state index >= 15 is 0 Å². The molecule has 0 aliphatic carbocycles. The Morgan fingerprint density at radius 2 is 1.87 bits per heavy atom. The minimum Gasteiger partial charge on any atom is -0.483 e.